The average Bonchev–Trinajstić information content (AvgIpc) is 3.02. The number of aliphatic imine (C=N–C) groups is 2. The summed E-state index contributed by atoms with van der Waals surface area (Å²) in [4.78, 5) is 35.8. The molecule has 37 heavy (non-hydrogen) atoms. The molecular formula is C28H33ClN6O2. The Bertz CT molecular complexity index is 1250. The van der Waals surface area contributed by atoms with Crippen LogP contribution in [0, 0.1) is 5.92 Å². The number of allylic oxidation sites excluding steroid dienone is 1. The van der Waals surface area contributed by atoms with Crippen molar-refractivity contribution in [1.82, 2.24) is 10.2 Å². The lowest BCUT2D eigenvalue weighted by Gasteiger charge is -2.18. The predicted molar refractivity (Wildman–Crippen MR) is 153 cm³/mol. The Morgan fingerprint density at radius 1 is 1.16 bits per heavy atom. The van der Waals surface area contributed by atoms with E-state index in [-0.39, 0.29) is 17.7 Å². The lowest BCUT2D eigenvalue weighted by molar-refractivity contribution is -0.111. The van der Waals surface area contributed by atoms with Gasteiger partial charge in [-0.1, -0.05) is 42.8 Å². The van der Waals surface area contributed by atoms with Crippen molar-refractivity contribution < 1.29 is 9.59 Å². The molecule has 0 aliphatic carbocycles. The number of hydrogen-bond donors (Lipinski definition) is 3. The van der Waals surface area contributed by atoms with Gasteiger partial charge in [-0.15, -0.1) is 0 Å². The summed E-state index contributed by atoms with van der Waals surface area (Å²) in [6, 6.07) is 14.6. The fraction of sp³-hybridized carbons (Fsp3) is 0.286. The topological polar surface area (TPSA) is 98.2 Å². The first-order chi connectivity index (χ1) is 17.8. The molecule has 9 heteroatoms. The second-order valence-corrected chi connectivity index (χ2v) is 9.22. The van der Waals surface area contributed by atoms with Crippen molar-refractivity contribution in [2.24, 2.45) is 15.9 Å². The van der Waals surface area contributed by atoms with Crippen molar-refractivity contribution in [2.45, 2.75) is 19.8 Å². The van der Waals surface area contributed by atoms with Crippen LogP contribution in [0.3, 0.4) is 0 Å². The third-order valence-electron chi connectivity index (χ3n) is 5.69. The van der Waals surface area contributed by atoms with E-state index in [4.69, 9.17) is 16.6 Å². The van der Waals surface area contributed by atoms with Gasteiger partial charge in [0.15, 0.2) is 0 Å². The molecule has 0 spiro atoms. The van der Waals surface area contributed by atoms with Gasteiger partial charge in [0.2, 0.25) is 5.91 Å². The van der Waals surface area contributed by atoms with Crippen LogP contribution >= 0.6 is 11.6 Å². The number of nitrogens with one attached hydrogen (secondary N) is 3. The second kappa shape index (κ2) is 13.5. The first-order valence-electron chi connectivity index (χ1n) is 12.1. The molecule has 0 aromatic heterocycles. The Hall–Kier alpha value is -3.75. The van der Waals surface area contributed by atoms with Crippen molar-refractivity contribution in [1.29, 1.82) is 0 Å². The number of amides is 2. The SMILES string of the molecule is CCC1CC(=Nc2ccccc2C(=O)NC)C(Cl)=CN=C1Nc1cccc(NC(=O)/C=C/CN(C)C)c1. The number of likely N-dealkylation sites (N-methyl/N-ethyl adjacent to an activating group) is 1. The highest BCUT2D eigenvalue weighted by molar-refractivity contribution is 6.44. The molecule has 1 heterocycles. The van der Waals surface area contributed by atoms with Gasteiger partial charge in [-0.25, -0.2) is 4.99 Å². The third-order valence-corrected chi connectivity index (χ3v) is 6.00. The normalized spacial score (nSPS) is 16.8. The summed E-state index contributed by atoms with van der Waals surface area (Å²) in [7, 11) is 5.47. The maximum atomic E-state index is 12.3. The van der Waals surface area contributed by atoms with E-state index >= 15 is 0 Å². The number of para-hydroxylation sites is 1. The number of benzene rings is 2. The quantitative estimate of drug-likeness (QED) is 0.417. The number of amidine groups is 1. The highest BCUT2D eigenvalue weighted by atomic mass is 35.5. The first-order valence-corrected chi connectivity index (χ1v) is 12.5. The maximum absolute atomic E-state index is 12.3. The number of carbonyl (C=O) groups excluding carboxylic acids is 2. The van der Waals surface area contributed by atoms with E-state index in [0.717, 1.165) is 17.9 Å². The molecule has 8 nitrogen and oxygen atoms in total. The van der Waals surface area contributed by atoms with Crippen molar-refractivity contribution in [3.05, 3.63) is 77.5 Å². The molecule has 0 saturated heterocycles. The molecule has 3 N–H and O–H groups in total. The number of anilines is 2. The third kappa shape index (κ3) is 8.13. The number of nitrogens with zero attached hydrogens (tertiary/aromatic N) is 3. The Morgan fingerprint density at radius 3 is 2.65 bits per heavy atom. The molecule has 194 valence electrons. The molecule has 1 aliphatic rings. The van der Waals surface area contributed by atoms with E-state index in [9.17, 15) is 9.59 Å². The van der Waals surface area contributed by atoms with E-state index < -0.39 is 0 Å². The molecule has 0 fully saturated rings. The summed E-state index contributed by atoms with van der Waals surface area (Å²) in [5.41, 5.74) is 3.16. The molecule has 0 saturated carbocycles. The highest BCUT2D eigenvalue weighted by Gasteiger charge is 2.22. The molecule has 1 unspecified atom stereocenters. The molecule has 2 aromatic rings. The number of carbonyl (C=O) groups is 2. The van der Waals surface area contributed by atoms with Gasteiger partial charge in [0.05, 0.1) is 22.0 Å². The highest BCUT2D eigenvalue weighted by Crippen LogP contribution is 2.27. The summed E-state index contributed by atoms with van der Waals surface area (Å²) in [5, 5.41) is 9.34. The largest absolute Gasteiger partial charge is 0.355 e. The van der Waals surface area contributed by atoms with Gasteiger partial charge in [-0.3, -0.25) is 14.6 Å². The zero-order valence-corrected chi connectivity index (χ0v) is 22.3. The number of halogens is 1. The van der Waals surface area contributed by atoms with Gasteiger partial charge >= 0.3 is 0 Å². The molecule has 2 amide bonds. The monoisotopic (exact) mass is 520 g/mol. The standard InChI is InChI=1S/C28H33ClN6O2/c1-5-19-16-25(34-24-13-7-6-12-22(24)28(37)30-2)23(29)18-31-27(19)33-21-11-8-10-20(17-21)32-26(36)14-9-15-35(3)4/h6-14,17-19H,5,15-16H2,1-4H3,(H,30,37)(H,31,33)(H,32,36)/b14-9+,34-25?. The Balaban J connectivity index is 1.77. The molecule has 1 aliphatic heterocycles. The number of hydrogen-bond acceptors (Lipinski definition) is 6. The molecule has 1 atom stereocenters. The summed E-state index contributed by atoms with van der Waals surface area (Å²) in [5.74, 6) is 0.370. The van der Waals surface area contributed by atoms with Crippen LogP contribution in [0.4, 0.5) is 17.1 Å². The van der Waals surface area contributed by atoms with Gasteiger partial charge in [-0.05, 0) is 50.8 Å². The summed E-state index contributed by atoms with van der Waals surface area (Å²) >= 11 is 6.58. The minimum Gasteiger partial charge on any atom is -0.355 e. The molecule has 3 rings (SSSR count). The lowest BCUT2D eigenvalue weighted by atomic mass is 9.97. The minimum absolute atomic E-state index is 0.0191. The second-order valence-electron chi connectivity index (χ2n) is 8.82. The van der Waals surface area contributed by atoms with Crippen LogP contribution in [0.2, 0.25) is 0 Å². The van der Waals surface area contributed by atoms with E-state index in [1.165, 1.54) is 6.08 Å². The van der Waals surface area contributed by atoms with Crippen molar-refractivity contribution >= 4 is 52.0 Å². The maximum Gasteiger partial charge on any atom is 0.253 e. The van der Waals surface area contributed by atoms with Crippen LogP contribution < -0.4 is 16.0 Å². The van der Waals surface area contributed by atoms with Crippen LogP contribution in [0.15, 0.2) is 81.9 Å². The Kier molecular flexibility index (Phi) is 10.2. The molecular weight excluding hydrogens is 488 g/mol. The summed E-state index contributed by atoms with van der Waals surface area (Å²) < 4.78 is 0. The molecule has 0 radical (unpaired) electrons. The molecule has 0 bridgehead atoms. The lowest BCUT2D eigenvalue weighted by Crippen LogP contribution is -2.24. The average molecular weight is 521 g/mol. The van der Waals surface area contributed by atoms with E-state index in [0.29, 0.717) is 40.6 Å². The van der Waals surface area contributed by atoms with Crippen molar-refractivity contribution in [2.75, 3.05) is 38.3 Å². The van der Waals surface area contributed by atoms with Gasteiger partial charge in [0.25, 0.3) is 5.91 Å². The Labute approximate surface area is 223 Å². The fourth-order valence-corrected chi connectivity index (χ4v) is 3.89. The summed E-state index contributed by atoms with van der Waals surface area (Å²) in [6.07, 6.45) is 6.27. The smallest absolute Gasteiger partial charge is 0.253 e. The first kappa shape index (κ1) is 27.8. The van der Waals surface area contributed by atoms with Gasteiger partial charge < -0.3 is 20.9 Å². The van der Waals surface area contributed by atoms with E-state index in [1.807, 2.05) is 55.4 Å². The van der Waals surface area contributed by atoms with Crippen LogP contribution in [-0.4, -0.2) is 55.9 Å². The fourth-order valence-electron chi connectivity index (χ4n) is 3.73. The van der Waals surface area contributed by atoms with Crippen molar-refractivity contribution in [3.63, 3.8) is 0 Å². The van der Waals surface area contributed by atoms with Gasteiger partial charge in [-0.2, -0.15) is 0 Å². The van der Waals surface area contributed by atoms with Crippen molar-refractivity contribution in [3.8, 4) is 0 Å². The van der Waals surface area contributed by atoms with Crippen LogP contribution in [0.5, 0.6) is 0 Å². The van der Waals surface area contributed by atoms with Crippen LogP contribution in [-0.2, 0) is 4.79 Å². The Morgan fingerprint density at radius 2 is 1.92 bits per heavy atom. The van der Waals surface area contributed by atoms with Crippen LogP contribution in [0.1, 0.15) is 30.1 Å². The number of rotatable bonds is 8. The zero-order valence-electron chi connectivity index (χ0n) is 21.6. The molecule has 2 aromatic carbocycles. The van der Waals surface area contributed by atoms with Gasteiger partial charge in [0, 0.05) is 49.6 Å². The predicted octanol–water partition coefficient (Wildman–Crippen LogP) is 5.20. The van der Waals surface area contributed by atoms with E-state index in [2.05, 4.69) is 27.9 Å². The minimum atomic E-state index is -0.209. The summed E-state index contributed by atoms with van der Waals surface area (Å²) in [6.45, 7) is 2.76. The van der Waals surface area contributed by atoms with Gasteiger partial charge in [0.1, 0.15) is 5.84 Å². The van der Waals surface area contributed by atoms with Crippen LogP contribution in [0.25, 0.3) is 0 Å². The zero-order chi connectivity index (χ0) is 26.8. The van der Waals surface area contributed by atoms with E-state index in [1.54, 1.807) is 31.4 Å².